The highest BCUT2D eigenvalue weighted by Crippen LogP contribution is 2.34. The van der Waals surface area contributed by atoms with Crippen LogP contribution < -0.4 is 16.4 Å². The number of nitrogens with zero attached hydrogens (tertiary/aromatic N) is 2. The van der Waals surface area contributed by atoms with E-state index in [0.29, 0.717) is 53.3 Å². The summed E-state index contributed by atoms with van der Waals surface area (Å²) in [5.41, 5.74) is 9.77. The van der Waals surface area contributed by atoms with Crippen molar-refractivity contribution in [2.45, 2.75) is 23.8 Å². The Morgan fingerprint density at radius 3 is 2.39 bits per heavy atom. The third-order valence-corrected chi connectivity index (χ3v) is 7.06. The average molecular weight is 502 g/mol. The topological polar surface area (TPSA) is 128 Å². The lowest BCUT2D eigenvalue weighted by molar-refractivity contribution is 0.0646. The minimum atomic E-state index is -1.09. The summed E-state index contributed by atoms with van der Waals surface area (Å²) < 4.78 is 11.5. The molecular formula is C27H27N5O3S. The summed E-state index contributed by atoms with van der Waals surface area (Å²) in [6, 6.07) is 20.9. The molecule has 3 aromatic rings. The monoisotopic (exact) mass is 501 g/mol. The van der Waals surface area contributed by atoms with Crippen molar-refractivity contribution in [1.82, 2.24) is 4.90 Å². The predicted molar refractivity (Wildman–Crippen MR) is 140 cm³/mol. The molecule has 0 saturated heterocycles. The van der Waals surface area contributed by atoms with Crippen LogP contribution in [0.2, 0.25) is 0 Å². The molecule has 0 radical (unpaired) electrons. The lowest BCUT2D eigenvalue weighted by atomic mass is 9.88. The van der Waals surface area contributed by atoms with Crippen molar-refractivity contribution in [2.75, 3.05) is 30.0 Å². The lowest BCUT2D eigenvalue weighted by Gasteiger charge is -2.37. The number of hydrogen-bond acceptors (Lipinski definition) is 5. The van der Waals surface area contributed by atoms with Crippen molar-refractivity contribution < 1.29 is 13.8 Å². The fourth-order valence-electron chi connectivity index (χ4n) is 4.27. The second-order valence-electron chi connectivity index (χ2n) is 8.52. The summed E-state index contributed by atoms with van der Waals surface area (Å²) in [4.78, 5) is 28.5. The van der Waals surface area contributed by atoms with Gasteiger partial charge in [0.1, 0.15) is 0 Å². The van der Waals surface area contributed by atoms with Gasteiger partial charge in [0.25, 0.3) is 5.91 Å². The van der Waals surface area contributed by atoms with Crippen molar-refractivity contribution in [3.05, 3.63) is 89.0 Å². The number of nitrogens with two attached hydrogens (primary N) is 1. The Bertz CT molecular complexity index is 1330. The molecule has 0 saturated carbocycles. The molecule has 184 valence electrons. The molecular weight excluding hydrogens is 474 g/mol. The second-order valence-corrected chi connectivity index (χ2v) is 9.90. The first kappa shape index (κ1) is 25.1. The van der Waals surface area contributed by atoms with E-state index in [9.17, 15) is 13.8 Å². The van der Waals surface area contributed by atoms with Gasteiger partial charge in [0.05, 0.1) is 17.7 Å². The van der Waals surface area contributed by atoms with Crippen LogP contribution in [0.5, 0.6) is 0 Å². The van der Waals surface area contributed by atoms with Gasteiger partial charge in [0, 0.05) is 45.4 Å². The van der Waals surface area contributed by atoms with Crippen molar-refractivity contribution in [3.8, 4) is 6.07 Å². The summed E-state index contributed by atoms with van der Waals surface area (Å²) in [5.74, 6) is -0.119. The highest BCUT2D eigenvalue weighted by molar-refractivity contribution is 7.84. The fraction of sp³-hybridized carbons (Fsp3) is 0.222. The molecule has 3 aromatic carbocycles. The first-order valence-electron chi connectivity index (χ1n) is 11.5. The zero-order valence-corrected chi connectivity index (χ0v) is 20.7. The molecule has 9 heteroatoms. The molecule has 4 rings (SSSR count). The molecule has 1 unspecified atom stereocenters. The lowest BCUT2D eigenvalue weighted by Crippen LogP contribution is -2.41. The standard InChI is InChI=1S/C27H27N5O3S/c1-36(35)23-11-9-21(10-12-23)30-27(34)31-22-8-7-20-15-25(19-5-3-18(17-29)4-6-19)32(14-2-13-28)26(33)24(20)16-22/h3-12,16,25H,2,13-15,28H2,1H3,(H2,30,31,34)/t25?,36-/m0/s1. The fourth-order valence-corrected chi connectivity index (χ4v) is 4.79. The molecule has 8 nitrogen and oxygen atoms in total. The number of carbonyl (C=O) groups is 2. The number of nitriles is 1. The summed E-state index contributed by atoms with van der Waals surface area (Å²) >= 11 is 0. The van der Waals surface area contributed by atoms with Crippen LogP contribution >= 0.6 is 0 Å². The summed E-state index contributed by atoms with van der Waals surface area (Å²) in [7, 11) is -1.09. The van der Waals surface area contributed by atoms with E-state index in [2.05, 4.69) is 16.7 Å². The van der Waals surface area contributed by atoms with Gasteiger partial charge in [-0.25, -0.2) is 4.79 Å². The number of anilines is 2. The van der Waals surface area contributed by atoms with E-state index >= 15 is 0 Å². The van der Waals surface area contributed by atoms with Crippen LogP contribution in [0.3, 0.4) is 0 Å². The van der Waals surface area contributed by atoms with E-state index in [1.54, 1.807) is 54.8 Å². The summed E-state index contributed by atoms with van der Waals surface area (Å²) in [5, 5.41) is 14.6. The van der Waals surface area contributed by atoms with Crippen molar-refractivity contribution >= 4 is 34.1 Å². The van der Waals surface area contributed by atoms with E-state index in [1.807, 2.05) is 23.1 Å². The first-order valence-corrected chi connectivity index (χ1v) is 13.1. The largest absolute Gasteiger partial charge is 0.331 e. The third kappa shape index (κ3) is 5.62. The molecule has 0 fully saturated rings. The molecule has 1 heterocycles. The maximum atomic E-state index is 13.5. The Hall–Kier alpha value is -4.00. The van der Waals surface area contributed by atoms with Gasteiger partial charge < -0.3 is 21.3 Å². The number of benzene rings is 3. The van der Waals surface area contributed by atoms with Crippen molar-refractivity contribution in [3.63, 3.8) is 0 Å². The van der Waals surface area contributed by atoms with Crippen molar-refractivity contribution in [1.29, 1.82) is 5.26 Å². The normalized spacial score (nSPS) is 15.5. The van der Waals surface area contributed by atoms with Gasteiger partial charge in [-0.05, 0) is 79.0 Å². The van der Waals surface area contributed by atoms with Gasteiger partial charge in [-0.3, -0.25) is 9.00 Å². The molecule has 2 atom stereocenters. The predicted octanol–water partition coefficient (Wildman–Crippen LogP) is 4.03. The molecule has 3 amide bonds. The number of rotatable bonds is 7. The van der Waals surface area contributed by atoms with Crippen LogP contribution in [-0.2, 0) is 17.2 Å². The van der Waals surface area contributed by atoms with Crippen LogP contribution in [0.1, 0.15) is 39.5 Å². The molecule has 1 aliphatic rings. The Morgan fingerprint density at radius 2 is 1.75 bits per heavy atom. The first-order chi connectivity index (χ1) is 17.4. The molecule has 1 aliphatic heterocycles. The Balaban J connectivity index is 1.53. The quantitative estimate of drug-likeness (QED) is 0.450. The summed E-state index contributed by atoms with van der Waals surface area (Å²) in [6.07, 6.45) is 2.88. The maximum absolute atomic E-state index is 13.5. The van der Waals surface area contributed by atoms with E-state index in [4.69, 9.17) is 11.0 Å². The molecule has 0 aromatic heterocycles. The van der Waals surface area contributed by atoms with Gasteiger partial charge in [0.2, 0.25) is 0 Å². The van der Waals surface area contributed by atoms with Gasteiger partial charge >= 0.3 is 6.03 Å². The van der Waals surface area contributed by atoms with Crippen LogP contribution in [0, 0.1) is 11.3 Å². The summed E-state index contributed by atoms with van der Waals surface area (Å²) in [6.45, 7) is 0.976. The molecule has 36 heavy (non-hydrogen) atoms. The number of amides is 3. The van der Waals surface area contributed by atoms with E-state index < -0.39 is 16.8 Å². The highest BCUT2D eigenvalue weighted by atomic mass is 32.2. The van der Waals surface area contributed by atoms with E-state index in [-0.39, 0.29) is 11.9 Å². The van der Waals surface area contributed by atoms with Crippen LogP contribution in [0.4, 0.5) is 16.2 Å². The van der Waals surface area contributed by atoms with Crippen molar-refractivity contribution in [2.24, 2.45) is 5.73 Å². The van der Waals surface area contributed by atoms with Crippen LogP contribution in [-0.4, -0.2) is 40.4 Å². The number of nitrogens with one attached hydrogen (secondary N) is 2. The number of fused-ring (bicyclic) bond motifs is 1. The van der Waals surface area contributed by atoms with Crippen LogP contribution in [0.25, 0.3) is 0 Å². The average Bonchev–Trinajstić information content (AvgIpc) is 2.88. The molecule has 0 aliphatic carbocycles. The zero-order chi connectivity index (χ0) is 25.7. The SMILES string of the molecule is C[S@](=O)c1ccc(NC(=O)Nc2ccc3c(c2)C(=O)N(CCCN)C(c2ccc(C#N)cc2)C3)cc1. The van der Waals surface area contributed by atoms with E-state index in [0.717, 1.165) is 11.1 Å². The van der Waals surface area contributed by atoms with Gasteiger partial charge in [-0.1, -0.05) is 18.2 Å². The minimum absolute atomic E-state index is 0.119. The van der Waals surface area contributed by atoms with E-state index in [1.165, 1.54) is 0 Å². The molecule has 4 N–H and O–H groups in total. The highest BCUT2D eigenvalue weighted by Gasteiger charge is 2.33. The smallest absolute Gasteiger partial charge is 0.323 e. The maximum Gasteiger partial charge on any atom is 0.323 e. The van der Waals surface area contributed by atoms with Gasteiger partial charge in [-0.2, -0.15) is 5.26 Å². The Morgan fingerprint density at radius 1 is 1.08 bits per heavy atom. The number of carbonyl (C=O) groups excluding carboxylic acids is 2. The zero-order valence-electron chi connectivity index (χ0n) is 19.9. The Labute approximate surface area is 212 Å². The Kier molecular flexibility index (Phi) is 7.78. The number of hydrogen-bond donors (Lipinski definition) is 3. The van der Waals surface area contributed by atoms with Gasteiger partial charge in [-0.15, -0.1) is 0 Å². The molecule has 0 spiro atoms. The molecule has 0 bridgehead atoms. The second kappa shape index (κ2) is 11.2. The van der Waals surface area contributed by atoms with Crippen LogP contribution in [0.15, 0.2) is 71.6 Å². The third-order valence-electron chi connectivity index (χ3n) is 6.12. The number of urea groups is 1. The minimum Gasteiger partial charge on any atom is -0.331 e. The van der Waals surface area contributed by atoms with Gasteiger partial charge in [0.15, 0.2) is 0 Å².